The van der Waals surface area contributed by atoms with Crippen LogP contribution in [-0.2, 0) is 12.7 Å². The number of nitrogens with zero attached hydrogens (tertiary/aromatic N) is 3. The number of piperidine rings is 1. The van der Waals surface area contributed by atoms with Crippen molar-refractivity contribution in [2.45, 2.75) is 44.8 Å². The molecular weight excluding hydrogens is 375 g/mol. The number of aromatic nitrogens is 1. The number of benzene rings is 1. The first-order valence-corrected chi connectivity index (χ1v) is 10.1. The molecule has 152 valence electrons. The quantitative estimate of drug-likeness (QED) is 0.650. The zero-order valence-electron chi connectivity index (χ0n) is 16.3. The molecule has 2 heterocycles. The molecule has 0 spiro atoms. The maximum absolute atomic E-state index is 12.7. The van der Waals surface area contributed by atoms with Crippen LogP contribution in [0.4, 0.5) is 13.2 Å². The van der Waals surface area contributed by atoms with E-state index in [2.05, 4.69) is 16.0 Å². The summed E-state index contributed by atoms with van der Waals surface area (Å²) >= 11 is 0. The molecule has 0 N–H and O–H groups in total. The monoisotopic (exact) mass is 399 g/mol. The Morgan fingerprint density at radius 3 is 2.28 bits per heavy atom. The second-order valence-corrected chi connectivity index (χ2v) is 8.37. The molecule has 6 heteroatoms. The number of alkyl halides is 3. The van der Waals surface area contributed by atoms with E-state index in [9.17, 15) is 18.4 Å². The third kappa shape index (κ3) is 4.45. The van der Waals surface area contributed by atoms with Crippen LogP contribution in [0.2, 0.25) is 0 Å². The SMILES string of the molecule is N#CCC1(C2CC2)CCN(Cc2ccc(-c3ccc(C(F)(F)F)cc3)nc2)CC1. The molecule has 4 rings (SSSR count). The third-order valence-electron chi connectivity index (χ3n) is 6.47. The highest BCUT2D eigenvalue weighted by molar-refractivity contribution is 5.59. The molecule has 1 aromatic carbocycles. The van der Waals surface area contributed by atoms with Crippen LogP contribution in [0.3, 0.4) is 0 Å². The first-order chi connectivity index (χ1) is 13.9. The fraction of sp³-hybridized carbons (Fsp3) is 0.478. The van der Waals surface area contributed by atoms with Gasteiger partial charge in [-0.2, -0.15) is 18.4 Å². The van der Waals surface area contributed by atoms with E-state index >= 15 is 0 Å². The van der Waals surface area contributed by atoms with Crippen molar-refractivity contribution in [2.75, 3.05) is 13.1 Å². The molecule has 2 aliphatic rings. The standard InChI is InChI=1S/C23H24F3N3/c24-23(25,26)20-4-2-18(3-5-20)21-8-1-17(15-28-21)16-29-13-10-22(9-12-27,11-14-29)19-6-7-19/h1-5,8,15,19H,6-7,9-11,13-14,16H2. The average Bonchev–Trinajstić information content (AvgIpc) is 3.56. The lowest BCUT2D eigenvalue weighted by atomic mass is 9.72. The summed E-state index contributed by atoms with van der Waals surface area (Å²) in [4.78, 5) is 6.86. The van der Waals surface area contributed by atoms with Gasteiger partial charge >= 0.3 is 6.18 Å². The summed E-state index contributed by atoms with van der Waals surface area (Å²) in [5, 5.41) is 9.21. The predicted molar refractivity (Wildman–Crippen MR) is 105 cm³/mol. The summed E-state index contributed by atoms with van der Waals surface area (Å²) in [5.74, 6) is 0.744. The van der Waals surface area contributed by atoms with Gasteiger partial charge in [0.1, 0.15) is 0 Å². The minimum atomic E-state index is -4.32. The average molecular weight is 399 g/mol. The highest BCUT2D eigenvalue weighted by Gasteiger charge is 2.46. The van der Waals surface area contributed by atoms with Gasteiger partial charge in [-0.1, -0.05) is 18.2 Å². The van der Waals surface area contributed by atoms with Crippen LogP contribution in [0.25, 0.3) is 11.3 Å². The first kappa shape index (κ1) is 19.9. The normalized spacial score (nSPS) is 19.7. The van der Waals surface area contributed by atoms with Gasteiger partial charge in [0, 0.05) is 24.7 Å². The van der Waals surface area contributed by atoms with Gasteiger partial charge in [-0.3, -0.25) is 9.88 Å². The maximum atomic E-state index is 12.7. The summed E-state index contributed by atoms with van der Waals surface area (Å²) in [6.07, 6.45) is 2.88. The van der Waals surface area contributed by atoms with Crippen LogP contribution in [0.5, 0.6) is 0 Å². The highest BCUT2D eigenvalue weighted by Crippen LogP contribution is 2.53. The van der Waals surface area contributed by atoms with Crippen LogP contribution in [0, 0.1) is 22.7 Å². The topological polar surface area (TPSA) is 39.9 Å². The molecule has 1 saturated heterocycles. The van der Waals surface area contributed by atoms with Crippen molar-refractivity contribution < 1.29 is 13.2 Å². The molecule has 29 heavy (non-hydrogen) atoms. The Morgan fingerprint density at radius 1 is 1.07 bits per heavy atom. The van der Waals surface area contributed by atoms with Crippen molar-refractivity contribution in [2.24, 2.45) is 11.3 Å². The molecule has 0 radical (unpaired) electrons. The Balaban J connectivity index is 1.36. The molecule has 3 nitrogen and oxygen atoms in total. The van der Waals surface area contributed by atoms with Gasteiger partial charge in [0.05, 0.1) is 17.3 Å². The van der Waals surface area contributed by atoms with Crippen molar-refractivity contribution in [1.29, 1.82) is 5.26 Å². The molecule has 1 aliphatic heterocycles. The molecule has 0 amide bonds. The van der Waals surface area contributed by atoms with E-state index in [1.165, 1.54) is 25.0 Å². The molecular formula is C23H24F3N3. The fourth-order valence-corrected chi connectivity index (χ4v) is 4.52. The Morgan fingerprint density at radius 2 is 1.76 bits per heavy atom. The summed E-state index contributed by atoms with van der Waals surface area (Å²) in [7, 11) is 0. The first-order valence-electron chi connectivity index (χ1n) is 10.1. The Labute approximate surface area is 169 Å². The van der Waals surface area contributed by atoms with Gasteiger partial charge in [0.15, 0.2) is 0 Å². The van der Waals surface area contributed by atoms with E-state index in [1.54, 1.807) is 0 Å². The van der Waals surface area contributed by atoms with Crippen LogP contribution in [0.15, 0.2) is 42.6 Å². The van der Waals surface area contributed by atoms with Gasteiger partial charge in [-0.05, 0) is 73.9 Å². The number of hydrogen-bond donors (Lipinski definition) is 0. The van der Waals surface area contributed by atoms with Crippen molar-refractivity contribution in [3.8, 4) is 17.3 Å². The molecule has 0 unspecified atom stereocenters. The number of pyridine rings is 1. The Hall–Kier alpha value is -2.39. The van der Waals surface area contributed by atoms with E-state index < -0.39 is 11.7 Å². The number of rotatable bonds is 5. The highest BCUT2D eigenvalue weighted by atomic mass is 19.4. The molecule has 1 saturated carbocycles. The largest absolute Gasteiger partial charge is 0.416 e. The number of nitriles is 1. The molecule has 1 aromatic heterocycles. The van der Waals surface area contributed by atoms with Gasteiger partial charge < -0.3 is 0 Å². The lowest BCUT2D eigenvalue weighted by molar-refractivity contribution is -0.137. The van der Waals surface area contributed by atoms with Crippen LogP contribution < -0.4 is 0 Å². The van der Waals surface area contributed by atoms with Crippen LogP contribution in [0.1, 0.15) is 43.2 Å². The van der Waals surface area contributed by atoms with Crippen molar-refractivity contribution in [1.82, 2.24) is 9.88 Å². The van der Waals surface area contributed by atoms with Crippen LogP contribution >= 0.6 is 0 Å². The molecule has 0 bridgehead atoms. The maximum Gasteiger partial charge on any atom is 0.416 e. The van der Waals surface area contributed by atoms with E-state index in [-0.39, 0.29) is 5.41 Å². The van der Waals surface area contributed by atoms with Crippen molar-refractivity contribution in [3.05, 3.63) is 53.7 Å². The van der Waals surface area contributed by atoms with E-state index in [0.717, 1.165) is 56.1 Å². The van der Waals surface area contributed by atoms with Crippen LogP contribution in [-0.4, -0.2) is 23.0 Å². The number of likely N-dealkylation sites (tertiary alicyclic amines) is 1. The number of hydrogen-bond acceptors (Lipinski definition) is 3. The van der Waals surface area contributed by atoms with E-state index in [1.807, 2.05) is 18.3 Å². The fourth-order valence-electron chi connectivity index (χ4n) is 4.52. The Kier molecular flexibility index (Phi) is 5.35. The Bertz CT molecular complexity index is 870. The summed E-state index contributed by atoms with van der Waals surface area (Å²) in [6.45, 7) is 2.81. The smallest absolute Gasteiger partial charge is 0.299 e. The third-order valence-corrected chi connectivity index (χ3v) is 6.47. The van der Waals surface area contributed by atoms with Gasteiger partial charge in [0.25, 0.3) is 0 Å². The van der Waals surface area contributed by atoms with E-state index in [4.69, 9.17) is 0 Å². The molecule has 2 aromatic rings. The summed E-state index contributed by atoms with van der Waals surface area (Å²) in [5.41, 5.74) is 2.02. The van der Waals surface area contributed by atoms with Gasteiger partial charge in [-0.15, -0.1) is 0 Å². The second kappa shape index (κ2) is 7.79. The summed E-state index contributed by atoms with van der Waals surface area (Å²) in [6, 6.07) is 11.4. The van der Waals surface area contributed by atoms with Crippen molar-refractivity contribution in [3.63, 3.8) is 0 Å². The minimum absolute atomic E-state index is 0.232. The zero-order valence-corrected chi connectivity index (χ0v) is 16.3. The minimum Gasteiger partial charge on any atom is -0.299 e. The molecule has 0 atom stereocenters. The molecule has 1 aliphatic carbocycles. The van der Waals surface area contributed by atoms with Gasteiger partial charge in [-0.25, -0.2) is 0 Å². The number of halogens is 3. The zero-order chi connectivity index (χ0) is 20.5. The predicted octanol–water partition coefficient (Wildman–Crippen LogP) is 5.67. The van der Waals surface area contributed by atoms with Crippen molar-refractivity contribution >= 4 is 0 Å². The van der Waals surface area contributed by atoms with E-state index in [0.29, 0.717) is 17.7 Å². The lowest BCUT2D eigenvalue weighted by Gasteiger charge is -2.41. The summed E-state index contributed by atoms with van der Waals surface area (Å²) < 4.78 is 38.1. The molecule has 2 fully saturated rings. The lowest BCUT2D eigenvalue weighted by Crippen LogP contribution is -2.40. The second-order valence-electron chi connectivity index (χ2n) is 8.37. The van der Waals surface area contributed by atoms with Gasteiger partial charge in [0.2, 0.25) is 0 Å².